The van der Waals surface area contributed by atoms with E-state index in [0.717, 1.165) is 37.3 Å². The number of rotatable bonds is 6. The van der Waals surface area contributed by atoms with Crippen LogP contribution in [0.25, 0.3) is 10.8 Å². The third kappa shape index (κ3) is 4.43. The molecule has 3 aromatic carbocycles. The quantitative estimate of drug-likeness (QED) is 0.710. The topological polar surface area (TPSA) is 35.9 Å². The first kappa shape index (κ1) is 18.7. The van der Waals surface area contributed by atoms with Crippen LogP contribution in [0.4, 0.5) is 10.1 Å². The van der Waals surface area contributed by atoms with E-state index in [1.807, 2.05) is 48.5 Å². The predicted molar refractivity (Wildman–Crippen MR) is 111 cm³/mol. The van der Waals surface area contributed by atoms with Gasteiger partial charge in [-0.2, -0.15) is 0 Å². The van der Waals surface area contributed by atoms with Gasteiger partial charge in [-0.15, -0.1) is 0 Å². The Morgan fingerprint density at radius 1 is 0.893 bits per heavy atom. The molecule has 5 heteroatoms. The average Bonchev–Trinajstić information content (AvgIpc) is 2.73. The van der Waals surface area contributed by atoms with Crippen LogP contribution in [0.5, 0.6) is 5.75 Å². The minimum absolute atomic E-state index is 0.181. The van der Waals surface area contributed by atoms with Crippen LogP contribution in [0.2, 0.25) is 0 Å². The Morgan fingerprint density at radius 2 is 1.61 bits per heavy atom. The fraction of sp³-hybridized carbons (Fsp3) is 0.304. The molecular formula is C23H25FN2O2. The molecule has 0 amide bonds. The Hall–Kier alpha value is -2.63. The van der Waals surface area contributed by atoms with Crippen molar-refractivity contribution in [3.63, 3.8) is 0 Å². The molecule has 4 nitrogen and oxygen atoms in total. The van der Waals surface area contributed by atoms with Crippen LogP contribution >= 0.6 is 0 Å². The molecule has 0 aliphatic carbocycles. The van der Waals surface area contributed by atoms with Crippen molar-refractivity contribution >= 4 is 16.5 Å². The first-order chi connectivity index (χ1) is 13.7. The van der Waals surface area contributed by atoms with E-state index < -0.39 is 6.10 Å². The normalized spacial score (nSPS) is 16.3. The van der Waals surface area contributed by atoms with E-state index in [4.69, 9.17) is 4.74 Å². The van der Waals surface area contributed by atoms with Gasteiger partial charge in [0, 0.05) is 32.7 Å². The maximum Gasteiger partial charge on any atom is 0.146 e. The lowest BCUT2D eigenvalue weighted by atomic mass is 10.1. The number of hydrogen-bond acceptors (Lipinski definition) is 4. The fourth-order valence-electron chi connectivity index (χ4n) is 3.68. The molecule has 4 rings (SSSR count). The molecule has 28 heavy (non-hydrogen) atoms. The first-order valence-electron chi connectivity index (χ1n) is 9.70. The molecule has 1 heterocycles. The third-order valence-corrected chi connectivity index (χ3v) is 5.20. The Balaban J connectivity index is 1.25. The zero-order chi connectivity index (χ0) is 19.3. The molecule has 0 aromatic heterocycles. The van der Waals surface area contributed by atoms with Crippen LogP contribution in [-0.2, 0) is 0 Å². The number of aliphatic hydroxyl groups is 1. The van der Waals surface area contributed by atoms with Crippen LogP contribution in [0.1, 0.15) is 0 Å². The number of piperazine rings is 1. The maximum absolute atomic E-state index is 13.9. The van der Waals surface area contributed by atoms with Gasteiger partial charge in [0.25, 0.3) is 0 Å². The minimum atomic E-state index is -0.563. The summed E-state index contributed by atoms with van der Waals surface area (Å²) in [6.07, 6.45) is -0.563. The molecule has 1 N–H and O–H groups in total. The van der Waals surface area contributed by atoms with Gasteiger partial charge in [-0.25, -0.2) is 4.39 Å². The van der Waals surface area contributed by atoms with Gasteiger partial charge in [-0.05, 0) is 35.0 Å². The van der Waals surface area contributed by atoms with Crippen molar-refractivity contribution in [3.8, 4) is 5.75 Å². The Labute approximate surface area is 164 Å². The molecular weight excluding hydrogens is 355 g/mol. The average molecular weight is 380 g/mol. The molecule has 146 valence electrons. The van der Waals surface area contributed by atoms with Crippen LogP contribution in [-0.4, -0.2) is 55.4 Å². The molecule has 1 aliphatic rings. The number of nitrogens with zero attached hydrogens (tertiary/aromatic N) is 2. The first-order valence-corrected chi connectivity index (χ1v) is 9.70. The molecule has 1 fully saturated rings. The molecule has 0 spiro atoms. The lowest BCUT2D eigenvalue weighted by molar-refractivity contribution is 0.0663. The van der Waals surface area contributed by atoms with Crippen LogP contribution < -0.4 is 9.64 Å². The maximum atomic E-state index is 13.9. The number of benzene rings is 3. The lowest BCUT2D eigenvalue weighted by Crippen LogP contribution is -2.49. The van der Waals surface area contributed by atoms with Gasteiger partial charge < -0.3 is 14.7 Å². The van der Waals surface area contributed by atoms with Crippen LogP contribution in [0.15, 0.2) is 66.7 Å². The summed E-state index contributed by atoms with van der Waals surface area (Å²) >= 11 is 0. The number of hydrogen-bond donors (Lipinski definition) is 1. The van der Waals surface area contributed by atoms with E-state index in [0.29, 0.717) is 12.2 Å². The fourth-order valence-corrected chi connectivity index (χ4v) is 3.68. The van der Waals surface area contributed by atoms with Gasteiger partial charge in [0.1, 0.15) is 24.3 Å². The van der Waals surface area contributed by atoms with Gasteiger partial charge in [0.15, 0.2) is 0 Å². The second-order valence-electron chi connectivity index (χ2n) is 7.21. The number of para-hydroxylation sites is 1. The number of halogens is 1. The monoisotopic (exact) mass is 380 g/mol. The summed E-state index contributed by atoms with van der Waals surface area (Å²) in [5.41, 5.74) is 0.655. The van der Waals surface area contributed by atoms with E-state index in [1.165, 1.54) is 11.5 Å². The van der Waals surface area contributed by atoms with Crippen molar-refractivity contribution in [2.24, 2.45) is 0 Å². The minimum Gasteiger partial charge on any atom is -0.491 e. The van der Waals surface area contributed by atoms with Gasteiger partial charge in [-0.3, -0.25) is 4.90 Å². The van der Waals surface area contributed by atoms with Crippen LogP contribution in [0, 0.1) is 5.82 Å². The lowest BCUT2D eigenvalue weighted by Gasteiger charge is -2.36. The van der Waals surface area contributed by atoms with Gasteiger partial charge in [0.05, 0.1) is 5.69 Å². The van der Waals surface area contributed by atoms with Gasteiger partial charge in [0.2, 0.25) is 0 Å². The number of ether oxygens (including phenoxy) is 1. The third-order valence-electron chi connectivity index (χ3n) is 5.20. The SMILES string of the molecule is OC(COc1ccc2ccccc2c1)CN1CCN(c2ccccc2F)CC1. The van der Waals surface area contributed by atoms with Crippen LogP contribution in [0.3, 0.4) is 0 Å². The second-order valence-corrected chi connectivity index (χ2v) is 7.21. The predicted octanol–water partition coefficient (Wildman–Crippen LogP) is 3.54. The highest BCUT2D eigenvalue weighted by Crippen LogP contribution is 2.22. The van der Waals surface area contributed by atoms with E-state index in [1.54, 1.807) is 6.07 Å². The number of aliphatic hydroxyl groups excluding tert-OH is 1. The smallest absolute Gasteiger partial charge is 0.146 e. The summed E-state index contributed by atoms with van der Waals surface area (Å²) in [6, 6.07) is 21.0. The molecule has 1 atom stereocenters. The molecule has 1 aliphatic heterocycles. The van der Waals surface area contributed by atoms with Gasteiger partial charge >= 0.3 is 0 Å². The zero-order valence-electron chi connectivity index (χ0n) is 15.8. The summed E-state index contributed by atoms with van der Waals surface area (Å²) < 4.78 is 19.7. The van der Waals surface area contributed by atoms with E-state index in [2.05, 4.69) is 15.9 Å². The summed E-state index contributed by atoms with van der Waals surface area (Å²) in [4.78, 5) is 4.26. The summed E-state index contributed by atoms with van der Waals surface area (Å²) in [6.45, 7) is 3.89. The number of anilines is 1. The molecule has 1 saturated heterocycles. The summed E-state index contributed by atoms with van der Waals surface area (Å²) in [5.74, 6) is 0.585. The summed E-state index contributed by atoms with van der Waals surface area (Å²) in [5, 5.41) is 12.7. The molecule has 1 unspecified atom stereocenters. The number of fused-ring (bicyclic) bond motifs is 1. The second kappa shape index (κ2) is 8.59. The van der Waals surface area contributed by atoms with E-state index in [9.17, 15) is 9.50 Å². The van der Waals surface area contributed by atoms with Crippen molar-refractivity contribution in [3.05, 3.63) is 72.5 Å². The Morgan fingerprint density at radius 3 is 2.39 bits per heavy atom. The highest BCUT2D eigenvalue weighted by Gasteiger charge is 2.21. The van der Waals surface area contributed by atoms with E-state index in [-0.39, 0.29) is 12.4 Å². The largest absolute Gasteiger partial charge is 0.491 e. The standard InChI is InChI=1S/C23H25FN2O2/c24-22-7-3-4-8-23(22)26-13-11-25(12-14-26)16-20(27)17-28-21-10-9-18-5-1-2-6-19(18)15-21/h1-10,15,20,27H,11-14,16-17H2. The van der Waals surface area contributed by atoms with E-state index >= 15 is 0 Å². The molecule has 3 aromatic rings. The molecule has 0 bridgehead atoms. The Bertz CT molecular complexity index is 925. The molecule has 0 saturated carbocycles. The highest BCUT2D eigenvalue weighted by atomic mass is 19.1. The van der Waals surface area contributed by atoms with Crippen molar-refractivity contribution in [1.29, 1.82) is 0 Å². The molecule has 0 radical (unpaired) electrons. The zero-order valence-corrected chi connectivity index (χ0v) is 15.8. The van der Waals surface area contributed by atoms with Crippen molar-refractivity contribution in [1.82, 2.24) is 4.90 Å². The Kier molecular flexibility index (Phi) is 5.74. The van der Waals surface area contributed by atoms with Crippen molar-refractivity contribution in [2.75, 3.05) is 44.2 Å². The van der Waals surface area contributed by atoms with Crippen molar-refractivity contribution in [2.45, 2.75) is 6.10 Å². The highest BCUT2D eigenvalue weighted by molar-refractivity contribution is 5.83. The van der Waals surface area contributed by atoms with Crippen molar-refractivity contribution < 1.29 is 14.2 Å². The summed E-state index contributed by atoms with van der Waals surface area (Å²) in [7, 11) is 0. The number of β-amino-alcohol motifs (C(OH)–C–C–N with tert-alkyl or cyclic N) is 1. The van der Waals surface area contributed by atoms with Gasteiger partial charge in [-0.1, -0.05) is 42.5 Å².